The van der Waals surface area contributed by atoms with Crippen molar-refractivity contribution in [2.75, 3.05) is 18.9 Å². The van der Waals surface area contributed by atoms with Gasteiger partial charge in [0.05, 0.1) is 6.20 Å². The lowest BCUT2D eigenvalue weighted by molar-refractivity contribution is -0.118. The van der Waals surface area contributed by atoms with Gasteiger partial charge in [-0.25, -0.2) is 0 Å². The van der Waals surface area contributed by atoms with E-state index < -0.39 is 6.04 Å². The summed E-state index contributed by atoms with van der Waals surface area (Å²) in [6.07, 6.45) is 3.44. The van der Waals surface area contributed by atoms with Crippen LogP contribution in [-0.4, -0.2) is 35.2 Å². The molecule has 0 saturated carbocycles. The van der Waals surface area contributed by atoms with Gasteiger partial charge in [-0.2, -0.15) is 5.10 Å². The molecule has 25 heavy (non-hydrogen) atoms. The van der Waals surface area contributed by atoms with E-state index >= 15 is 0 Å². The van der Waals surface area contributed by atoms with Crippen molar-refractivity contribution in [3.63, 3.8) is 0 Å². The molecule has 0 aliphatic carbocycles. The minimum Gasteiger partial charge on any atom is -0.352 e. The van der Waals surface area contributed by atoms with E-state index in [1.54, 1.807) is 43.3 Å². The van der Waals surface area contributed by atoms with Gasteiger partial charge in [-0.1, -0.05) is 6.07 Å². The number of amides is 2. The number of nitrogens with one attached hydrogen (secondary N) is 3. The van der Waals surface area contributed by atoms with Crippen LogP contribution in [0.15, 0.2) is 30.6 Å². The first kappa shape index (κ1) is 20.7. The lowest BCUT2D eigenvalue weighted by atomic mass is 10.1. The van der Waals surface area contributed by atoms with Crippen LogP contribution >= 0.6 is 12.4 Å². The fourth-order valence-corrected chi connectivity index (χ4v) is 2.40. The second-order valence-corrected chi connectivity index (χ2v) is 5.55. The lowest BCUT2D eigenvalue weighted by Crippen LogP contribution is -2.30. The average Bonchev–Trinajstić information content (AvgIpc) is 2.96. The molecule has 1 atom stereocenters. The summed E-state index contributed by atoms with van der Waals surface area (Å²) in [5, 5.41) is 12.7. The number of rotatable bonds is 6. The maximum atomic E-state index is 12.6. The minimum absolute atomic E-state index is 0. The maximum absolute atomic E-state index is 12.6. The van der Waals surface area contributed by atoms with Gasteiger partial charge in [0.1, 0.15) is 6.04 Å². The Hall–Kier alpha value is -2.38. The number of aryl methyl sites for hydroxylation is 2. The molecule has 0 saturated heterocycles. The zero-order valence-corrected chi connectivity index (χ0v) is 15.6. The number of carbonyl (C=O) groups is 2. The summed E-state index contributed by atoms with van der Waals surface area (Å²) in [4.78, 5) is 24.6. The van der Waals surface area contributed by atoms with Crippen LogP contribution in [0.1, 0.15) is 34.5 Å². The van der Waals surface area contributed by atoms with Crippen molar-refractivity contribution in [2.45, 2.75) is 19.9 Å². The third-order valence-electron chi connectivity index (χ3n) is 3.70. The molecule has 1 heterocycles. The Morgan fingerprint density at radius 1 is 1.32 bits per heavy atom. The van der Waals surface area contributed by atoms with Gasteiger partial charge in [-0.05, 0) is 38.6 Å². The standard InChI is InChI=1S/C17H23N5O2.ClH/c1-5-19-16(23)12-7-6-11(2)14(8-12)21-17(24)15(18-3)13-9-20-22(4)10-13;/h6-10,15,18H,5H2,1-4H3,(H,19,23)(H,21,24);1H. The SMILES string of the molecule is CCNC(=O)c1ccc(C)c(NC(=O)C(NC)c2cnn(C)c2)c1.Cl. The number of likely N-dealkylation sites (N-methyl/N-ethyl adjacent to an activating group) is 1. The largest absolute Gasteiger partial charge is 0.352 e. The molecule has 1 unspecified atom stereocenters. The van der Waals surface area contributed by atoms with E-state index in [9.17, 15) is 9.59 Å². The van der Waals surface area contributed by atoms with Gasteiger partial charge < -0.3 is 16.0 Å². The Balaban J connectivity index is 0.00000312. The van der Waals surface area contributed by atoms with Crippen molar-refractivity contribution < 1.29 is 9.59 Å². The smallest absolute Gasteiger partial charge is 0.251 e. The molecule has 0 spiro atoms. The van der Waals surface area contributed by atoms with Crippen LogP contribution in [-0.2, 0) is 11.8 Å². The number of nitrogens with zero attached hydrogens (tertiary/aromatic N) is 2. The van der Waals surface area contributed by atoms with E-state index in [1.165, 1.54) is 0 Å². The van der Waals surface area contributed by atoms with E-state index in [1.807, 2.05) is 19.9 Å². The molecule has 136 valence electrons. The number of hydrogen-bond donors (Lipinski definition) is 3. The number of hydrogen-bond acceptors (Lipinski definition) is 4. The molecule has 1 aromatic heterocycles. The summed E-state index contributed by atoms with van der Waals surface area (Å²) in [5.74, 6) is -0.368. The van der Waals surface area contributed by atoms with Crippen molar-refractivity contribution in [3.05, 3.63) is 47.3 Å². The topological polar surface area (TPSA) is 88.1 Å². The summed E-state index contributed by atoms with van der Waals surface area (Å²) in [6, 6.07) is 4.73. The molecular formula is C17H24ClN5O2. The van der Waals surface area contributed by atoms with Crippen LogP contribution in [0, 0.1) is 6.92 Å². The van der Waals surface area contributed by atoms with Gasteiger partial charge in [-0.15, -0.1) is 12.4 Å². The normalized spacial score (nSPS) is 11.4. The van der Waals surface area contributed by atoms with Crippen LogP contribution in [0.4, 0.5) is 5.69 Å². The Morgan fingerprint density at radius 3 is 2.60 bits per heavy atom. The maximum Gasteiger partial charge on any atom is 0.251 e. The second kappa shape index (κ2) is 9.19. The summed E-state index contributed by atoms with van der Waals surface area (Å²) in [5.41, 5.74) is 2.79. The Kier molecular flexibility index (Phi) is 7.60. The molecule has 2 rings (SSSR count). The number of anilines is 1. The molecule has 0 bridgehead atoms. The molecule has 8 heteroatoms. The Labute approximate surface area is 153 Å². The van der Waals surface area contributed by atoms with Gasteiger partial charge in [0.15, 0.2) is 0 Å². The van der Waals surface area contributed by atoms with E-state index in [0.717, 1.165) is 11.1 Å². The van der Waals surface area contributed by atoms with Crippen LogP contribution in [0.3, 0.4) is 0 Å². The quantitative estimate of drug-likeness (QED) is 0.728. The highest BCUT2D eigenvalue weighted by Crippen LogP contribution is 2.20. The second-order valence-electron chi connectivity index (χ2n) is 5.55. The third kappa shape index (κ3) is 5.04. The average molecular weight is 366 g/mol. The molecule has 0 fully saturated rings. The lowest BCUT2D eigenvalue weighted by Gasteiger charge is -2.16. The van der Waals surface area contributed by atoms with Gasteiger partial charge >= 0.3 is 0 Å². The molecule has 0 aliphatic rings. The predicted octanol–water partition coefficient (Wildman–Crippen LogP) is 1.80. The van der Waals surface area contributed by atoms with Gasteiger partial charge in [0.25, 0.3) is 5.91 Å². The van der Waals surface area contributed by atoms with Gasteiger partial charge in [0.2, 0.25) is 5.91 Å². The van der Waals surface area contributed by atoms with Gasteiger partial charge in [0, 0.05) is 36.6 Å². The van der Waals surface area contributed by atoms with Crippen molar-refractivity contribution in [1.82, 2.24) is 20.4 Å². The van der Waals surface area contributed by atoms with Crippen LogP contribution in [0.5, 0.6) is 0 Å². The van der Waals surface area contributed by atoms with Crippen molar-refractivity contribution >= 4 is 29.9 Å². The number of halogens is 1. The van der Waals surface area contributed by atoms with Crippen LogP contribution in [0.2, 0.25) is 0 Å². The molecular weight excluding hydrogens is 342 g/mol. The van der Waals surface area contributed by atoms with E-state index in [-0.39, 0.29) is 24.2 Å². The zero-order valence-electron chi connectivity index (χ0n) is 14.8. The Morgan fingerprint density at radius 2 is 2.04 bits per heavy atom. The molecule has 2 amide bonds. The van der Waals surface area contributed by atoms with E-state index in [4.69, 9.17) is 0 Å². The first-order chi connectivity index (χ1) is 11.5. The molecule has 2 aromatic rings. The molecule has 3 N–H and O–H groups in total. The first-order valence-electron chi connectivity index (χ1n) is 7.81. The monoisotopic (exact) mass is 365 g/mol. The molecule has 1 aromatic carbocycles. The number of benzene rings is 1. The molecule has 0 aliphatic heterocycles. The molecule has 7 nitrogen and oxygen atoms in total. The van der Waals surface area contributed by atoms with Crippen molar-refractivity contribution in [1.29, 1.82) is 0 Å². The first-order valence-corrected chi connectivity index (χ1v) is 7.81. The minimum atomic E-state index is -0.522. The molecule has 0 radical (unpaired) electrons. The predicted molar refractivity (Wildman–Crippen MR) is 100 cm³/mol. The summed E-state index contributed by atoms with van der Waals surface area (Å²) < 4.78 is 1.65. The summed E-state index contributed by atoms with van der Waals surface area (Å²) in [6.45, 7) is 4.30. The van der Waals surface area contributed by atoms with Crippen molar-refractivity contribution in [3.8, 4) is 0 Å². The fourth-order valence-electron chi connectivity index (χ4n) is 2.40. The third-order valence-corrected chi connectivity index (χ3v) is 3.70. The fraction of sp³-hybridized carbons (Fsp3) is 0.353. The summed E-state index contributed by atoms with van der Waals surface area (Å²) in [7, 11) is 3.52. The highest BCUT2D eigenvalue weighted by Gasteiger charge is 2.21. The van der Waals surface area contributed by atoms with Crippen molar-refractivity contribution in [2.24, 2.45) is 7.05 Å². The van der Waals surface area contributed by atoms with E-state index in [0.29, 0.717) is 17.8 Å². The highest BCUT2D eigenvalue weighted by atomic mass is 35.5. The Bertz CT molecular complexity index is 744. The van der Waals surface area contributed by atoms with Crippen LogP contribution < -0.4 is 16.0 Å². The zero-order chi connectivity index (χ0) is 17.7. The van der Waals surface area contributed by atoms with Crippen LogP contribution in [0.25, 0.3) is 0 Å². The number of carbonyl (C=O) groups excluding carboxylic acids is 2. The van der Waals surface area contributed by atoms with Gasteiger partial charge in [-0.3, -0.25) is 14.3 Å². The summed E-state index contributed by atoms with van der Waals surface area (Å²) >= 11 is 0. The number of aromatic nitrogens is 2. The highest BCUT2D eigenvalue weighted by molar-refractivity contribution is 5.99. The van der Waals surface area contributed by atoms with E-state index in [2.05, 4.69) is 21.0 Å².